The zero-order valence-electron chi connectivity index (χ0n) is 17.4. The highest BCUT2D eigenvalue weighted by atomic mass is 32.1. The number of nitrogens with one attached hydrogen (secondary N) is 1. The molecule has 3 aromatic rings. The highest BCUT2D eigenvalue weighted by Gasteiger charge is 2.22. The fourth-order valence-corrected chi connectivity index (χ4v) is 4.48. The minimum absolute atomic E-state index is 0.0862. The van der Waals surface area contributed by atoms with E-state index in [2.05, 4.69) is 40.7 Å². The predicted molar refractivity (Wildman–Crippen MR) is 118 cm³/mol. The third kappa shape index (κ3) is 5.16. The van der Waals surface area contributed by atoms with E-state index in [1.165, 1.54) is 27.4 Å². The van der Waals surface area contributed by atoms with Gasteiger partial charge in [0.1, 0.15) is 18.9 Å². The largest absolute Gasteiger partial charge is 0.370 e. The summed E-state index contributed by atoms with van der Waals surface area (Å²) in [6, 6.07) is 12.2. The first-order valence-corrected chi connectivity index (χ1v) is 11.4. The van der Waals surface area contributed by atoms with Gasteiger partial charge >= 0.3 is 0 Å². The van der Waals surface area contributed by atoms with Gasteiger partial charge in [0, 0.05) is 18.9 Å². The van der Waals surface area contributed by atoms with E-state index in [-0.39, 0.29) is 5.91 Å². The van der Waals surface area contributed by atoms with E-state index >= 15 is 0 Å². The van der Waals surface area contributed by atoms with E-state index in [0.29, 0.717) is 13.1 Å². The number of carbonyl (C=O) groups is 1. The molecule has 158 valence electrons. The molecule has 0 spiro atoms. The number of rotatable bonds is 8. The normalized spacial score (nSPS) is 14.7. The van der Waals surface area contributed by atoms with Crippen LogP contribution in [-0.4, -0.2) is 59.8 Å². The number of morpholine rings is 1. The van der Waals surface area contributed by atoms with Crippen molar-refractivity contribution in [2.24, 2.45) is 0 Å². The second-order valence-corrected chi connectivity index (χ2v) is 8.66. The van der Waals surface area contributed by atoms with Crippen LogP contribution >= 0.6 is 11.3 Å². The van der Waals surface area contributed by atoms with E-state index in [9.17, 15) is 4.79 Å². The van der Waals surface area contributed by atoms with Crippen LogP contribution in [0.1, 0.15) is 26.6 Å². The molecule has 1 saturated heterocycles. The van der Waals surface area contributed by atoms with Crippen LogP contribution in [0.5, 0.6) is 0 Å². The molecule has 0 unspecified atom stereocenters. The lowest BCUT2D eigenvalue weighted by atomic mass is 10.1. The van der Waals surface area contributed by atoms with Crippen LogP contribution in [0, 0.1) is 6.92 Å². The molecule has 0 aliphatic carbocycles. The number of quaternary nitrogens is 1. The summed E-state index contributed by atoms with van der Waals surface area (Å²) in [7, 11) is 0. The van der Waals surface area contributed by atoms with Gasteiger partial charge in [-0.05, 0) is 29.5 Å². The summed E-state index contributed by atoms with van der Waals surface area (Å²) in [6.45, 7) is 8.65. The highest BCUT2D eigenvalue weighted by Crippen LogP contribution is 2.15. The zero-order chi connectivity index (χ0) is 20.8. The standard InChI is InChI=1S/C23H28N4O2S/c1-19-5-2-3-6-20(19)17-26-9-8-24-22(26)18-27(23(28)21-7-4-16-30-21)11-10-25-12-14-29-15-13-25/h2-9,16H,10-15,17-18H2,1H3/p+1. The van der Waals surface area contributed by atoms with Crippen LogP contribution in [-0.2, 0) is 17.8 Å². The Hall–Kier alpha value is -2.48. The first-order valence-electron chi connectivity index (χ1n) is 10.5. The number of nitrogens with zero attached hydrogens (tertiary/aromatic N) is 3. The summed E-state index contributed by atoms with van der Waals surface area (Å²) in [4.78, 5) is 22.0. The summed E-state index contributed by atoms with van der Waals surface area (Å²) in [5.41, 5.74) is 2.53. The number of ether oxygens (including phenoxy) is 1. The summed E-state index contributed by atoms with van der Waals surface area (Å²) < 4.78 is 7.62. The first kappa shape index (κ1) is 20.8. The molecule has 7 heteroatoms. The van der Waals surface area contributed by atoms with Crippen molar-refractivity contribution in [1.82, 2.24) is 14.5 Å². The number of carbonyl (C=O) groups excluding carboxylic acids is 1. The Morgan fingerprint density at radius 1 is 1.23 bits per heavy atom. The summed E-state index contributed by atoms with van der Waals surface area (Å²) in [5.74, 6) is 1.00. The van der Waals surface area contributed by atoms with Gasteiger partial charge in [-0.1, -0.05) is 30.3 Å². The molecule has 1 fully saturated rings. The predicted octanol–water partition coefficient (Wildman–Crippen LogP) is 1.86. The van der Waals surface area contributed by atoms with E-state index < -0.39 is 0 Å². The molecule has 1 aliphatic rings. The minimum Gasteiger partial charge on any atom is -0.370 e. The van der Waals surface area contributed by atoms with Crippen LogP contribution in [0.4, 0.5) is 0 Å². The maximum Gasteiger partial charge on any atom is 0.264 e. The lowest BCUT2D eigenvalue weighted by Gasteiger charge is -2.28. The van der Waals surface area contributed by atoms with Gasteiger partial charge in [0.25, 0.3) is 5.91 Å². The van der Waals surface area contributed by atoms with Crippen molar-refractivity contribution in [3.05, 3.63) is 76.0 Å². The van der Waals surface area contributed by atoms with E-state index in [1.807, 2.05) is 34.8 Å². The van der Waals surface area contributed by atoms with Crippen molar-refractivity contribution in [3.8, 4) is 0 Å². The maximum atomic E-state index is 13.2. The molecule has 1 aromatic carbocycles. The monoisotopic (exact) mass is 425 g/mol. The molecule has 0 saturated carbocycles. The number of hydrogen-bond acceptors (Lipinski definition) is 4. The Labute approximate surface area is 181 Å². The maximum absolute atomic E-state index is 13.2. The molecular weight excluding hydrogens is 396 g/mol. The Balaban J connectivity index is 1.49. The second kappa shape index (κ2) is 10.0. The van der Waals surface area contributed by atoms with E-state index in [0.717, 1.165) is 50.1 Å². The first-order chi connectivity index (χ1) is 14.7. The van der Waals surface area contributed by atoms with Gasteiger partial charge in [-0.15, -0.1) is 11.3 Å². The molecule has 3 heterocycles. The van der Waals surface area contributed by atoms with Crippen molar-refractivity contribution < 1.29 is 14.4 Å². The number of imidazole rings is 1. The highest BCUT2D eigenvalue weighted by molar-refractivity contribution is 7.12. The van der Waals surface area contributed by atoms with Crippen molar-refractivity contribution in [2.45, 2.75) is 20.0 Å². The van der Waals surface area contributed by atoms with Crippen LogP contribution in [0.25, 0.3) is 0 Å². The fraction of sp³-hybridized carbons (Fsp3) is 0.391. The lowest BCUT2D eigenvalue weighted by Crippen LogP contribution is -3.14. The van der Waals surface area contributed by atoms with Gasteiger partial charge in [0.15, 0.2) is 0 Å². The van der Waals surface area contributed by atoms with Crippen molar-refractivity contribution in [1.29, 1.82) is 0 Å². The Morgan fingerprint density at radius 3 is 2.83 bits per heavy atom. The molecule has 6 nitrogen and oxygen atoms in total. The number of aromatic nitrogens is 2. The number of thiophene rings is 1. The smallest absolute Gasteiger partial charge is 0.264 e. The van der Waals surface area contributed by atoms with Crippen LogP contribution in [0.3, 0.4) is 0 Å². The average molecular weight is 426 g/mol. The van der Waals surface area contributed by atoms with Gasteiger partial charge in [-0.3, -0.25) is 4.79 Å². The Morgan fingerprint density at radius 2 is 2.07 bits per heavy atom. The van der Waals surface area contributed by atoms with Gasteiger partial charge in [-0.25, -0.2) is 4.98 Å². The molecule has 2 aromatic heterocycles. The number of hydrogen-bond donors (Lipinski definition) is 1. The molecule has 4 rings (SSSR count). The zero-order valence-corrected chi connectivity index (χ0v) is 18.2. The van der Waals surface area contributed by atoms with Crippen LogP contribution in [0.2, 0.25) is 0 Å². The molecule has 30 heavy (non-hydrogen) atoms. The third-order valence-electron chi connectivity index (χ3n) is 5.69. The average Bonchev–Trinajstić information content (AvgIpc) is 3.45. The quantitative estimate of drug-likeness (QED) is 0.599. The molecular formula is C23H29N4O2S+. The van der Waals surface area contributed by atoms with Crippen molar-refractivity contribution in [2.75, 3.05) is 39.4 Å². The number of amides is 1. The van der Waals surface area contributed by atoms with Crippen LogP contribution < -0.4 is 4.90 Å². The van der Waals surface area contributed by atoms with Crippen molar-refractivity contribution in [3.63, 3.8) is 0 Å². The molecule has 0 bridgehead atoms. The van der Waals surface area contributed by atoms with Gasteiger partial charge in [0.2, 0.25) is 0 Å². The second-order valence-electron chi connectivity index (χ2n) is 7.71. The summed E-state index contributed by atoms with van der Waals surface area (Å²) in [6.07, 6.45) is 3.83. The molecule has 0 radical (unpaired) electrons. The molecule has 1 aliphatic heterocycles. The Kier molecular flexibility index (Phi) is 6.94. The topological polar surface area (TPSA) is 51.8 Å². The number of benzene rings is 1. The van der Waals surface area contributed by atoms with E-state index in [4.69, 9.17) is 4.74 Å². The minimum atomic E-state index is 0.0862. The SMILES string of the molecule is Cc1ccccc1Cn1ccnc1CN(CC[NH+]1CCOCC1)C(=O)c1cccs1. The van der Waals surface area contributed by atoms with Gasteiger partial charge < -0.3 is 19.1 Å². The summed E-state index contributed by atoms with van der Waals surface area (Å²) in [5, 5.41) is 1.96. The number of aryl methyl sites for hydroxylation is 1. The molecule has 1 N–H and O–H groups in total. The molecule has 1 amide bonds. The van der Waals surface area contributed by atoms with E-state index in [1.54, 1.807) is 0 Å². The van der Waals surface area contributed by atoms with Crippen LogP contribution in [0.15, 0.2) is 54.2 Å². The summed E-state index contributed by atoms with van der Waals surface area (Å²) >= 11 is 1.50. The molecule has 0 atom stereocenters. The van der Waals surface area contributed by atoms with Crippen molar-refractivity contribution >= 4 is 17.2 Å². The third-order valence-corrected chi connectivity index (χ3v) is 6.55. The lowest BCUT2D eigenvalue weighted by molar-refractivity contribution is -0.907. The van der Waals surface area contributed by atoms with Gasteiger partial charge in [-0.2, -0.15) is 0 Å². The van der Waals surface area contributed by atoms with Gasteiger partial charge in [0.05, 0.1) is 37.7 Å². The fourth-order valence-electron chi connectivity index (χ4n) is 3.79. The Bertz CT molecular complexity index is 948.